The van der Waals surface area contributed by atoms with Gasteiger partial charge in [-0.05, 0) is 51.8 Å². The summed E-state index contributed by atoms with van der Waals surface area (Å²) in [5, 5.41) is 5.78. The Morgan fingerprint density at radius 1 is 1.09 bits per heavy atom. The van der Waals surface area contributed by atoms with Crippen molar-refractivity contribution in [2.45, 2.75) is 39.7 Å². The van der Waals surface area contributed by atoms with Crippen molar-refractivity contribution in [1.82, 2.24) is 5.32 Å². The quantitative estimate of drug-likeness (QED) is 0.909. The SMILES string of the molecule is Cc1oc(C)c(C(=O)Nc2cccc(C(=O)NC3CC3)c2)c1C. The van der Waals surface area contributed by atoms with Crippen molar-refractivity contribution in [3.8, 4) is 0 Å². The van der Waals surface area contributed by atoms with E-state index in [4.69, 9.17) is 4.42 Å². The summed E-state index contributed by atoms with van der Waals surface area (Å²) < 4.78 is 5.49. The van der Waals surface area contributed by atoms with E-state index in [2.05, 4.69) is 10.6 Å². The Morgan fingerprint density at radius 3 is 2.43 bits per heavy atom. The Bertz CT molecular complexity index is 773. The number of benzene rings is 1. The second-order valence-corrected chi connectivity index (χ2v) is 6.00. The molecule has 23 heavy (non-hydrogen) atoms. The minimum Gasteiger partial charge on any atom is -0.466 e. The maximum atomic E-state index is 12.5. The number of carbonyl (C=O) groups excluding carboxylic acids is 2. The molecule has 120 valence electrons. The maximum Gasteiger partial charge on any atom is 0.259 e. The third-order valence-corrected chi connectivity index (χ3v) is 4.08. The Balaban J connectivity index is 1.77. The molecule has 0 radical (unpaired) electrons. The number of aryl methyl sites for hydroxylation is 2. The highest BCUT2D eigenvalue weighted by Gasteiger charge is 2.24. The second-order valence-electron chi connectivity index (χ2n) is 6.00. The van der Waals surface area contributed by atoms with Gasteiger partial charge in [0.15, 0.2) is 0 Å². The van der Waals surface area contributed by atoms with Gasteiger partial charge in [-0.3, -0.25) is 9.59 Å². The summed E-state index contributed by atoms with van der Waals surface area (Å²) in [6.07, 6.45) is 2.08. The molecule has 5 heteroatoms. The standard InChI is InChI=1S/C18H20N2O3/c1-10-11(2)23-12(3)16(10)18(22)20-15-6-4-5-13(9-15)17(21)19-14-7-8-14/h4-6,9,14H,7-8H2,1-3H3,(H,19,21)(H,20,22). The zero-order valence-corrected chi connectivity index (χ0v) is 13.5. The first-order valence-electron chi connectivity index (χ1n) is 7.74. The summed E-state index contributed by atoms with van der Waals surface area (Å²) in [5.74, 6) is 1.01. The number of amides is 2. The topological polar surface area (TPSA) is 71.3 Å². The highest BCUT2D eigenvalue weighted by molar-refractivity contribution is 6.06. The van der Waals surface area contributed by atoms with Crippen molar-refractivity contribution < 1.29 is 14.0 Å². The molecule has 0 bridgehead atoms. The van der Waals surface area contributed by atoms with E-state index in [0.29, 0.717) is 28.6 Å². The molecule has 1 aliphatic rings. The van der Waals surface area contributed by atoms with Gasteiger partial charge in [-0.25, -0.2) is 0 Å². The summed E-state index contributed by atoms with van der Waals surface area (Å²) in [4.78, 5) is 24.5. The van der Waals surface area contributed by atoms with Gasteiger partial charge in [-0.15, -0.1) is 0 Å². The van der Waals surface area contributed by atoms with Gasteiger partial charge in [0.1, 0.15) is 11.5 Å². The first-order valence-corrected chi connectivity index (χ1v) is 7.74. The van der Waals surface area contributed by atoms with Crippen LogP contribution in [0.2, 0.25) is 0 Å². The molecule has 1 aromatic heterocycles. The van der Waals surface area contributed by atoms with E-state index < -0.39 is 0 Å². The molecular formula is C18H20N2O3. The molecule has 1 heterocycles. The van der Waals surface area contributed by atoms with Crippen LogP contribution in [0, 0.1) is 20.8 Å². The van der Waals surface area contributed by atoms with Gasteiger partial charge in [0.2, 0.25) is 0 Å². The van der Waals surface area contributed by atoms with Crippen molar-refractivity contribution in [3.63, 3.8) is 0 Å². The molecule has 0 saturated heterocycles. The number of nitrogens with one attached hydrogen (secondary N) is 2. The van der Waals surface area contributed by atoms with E-state index in [1.807, 2.05) is 13.8 Å². The molecule has 2 amide bonds. The van der Waals surface area contributed by atoms with Gasteiger partial charge in [-0.1, -0.05) is 6.07 Å². The number of anilines is 1. The van der Waals surface area contributed by atoms with Crippen molar-refractivity contribution in [3.05, 3.63) is 52.5 Å². The number of hydrogen-bond donors (Lipinski definition) is 2. The van der Waals surface area contributed by atoms with E-state index in [9.17, 15) is 9.59 Å². The molecule has 2 N–H and O–H groups in total. The van der Waals surface area contributed by atoms with E-state index >= 15 is 0 Å². The molecule has 1 saturated carbocycles. The molecular weight excluding hydrogens is 292 g/mol. The van der Waals surface area contributed by atoms with Gasteiger partial charge >= 0.3 is 0 Å². The van der Waals surface area contributed by atoms with Gasteiger partial charge in [0.25, 0.3) is 11.8 Å². The number of furan rings is 1. The van der Waals surface area contributed by atoms with Crippen molar-refractivity contribution in [2.75, 3.05) is 5.32 Å². The highest BCUT2D eigenvalue weighted by Crippen LogP contribution is 2.23. The fraction of sp³-hybridized carbons (Fsp3) is 0.333. The molecule has 3 rings (SSSR count). The van der Waals surface area contributed by atoms with Crippen LogP contribution in [-0.2, 0) is 0 Å². The number of hydrogen-bond acceptors (Lipinski definition) is 3. The summed E-state index contributed by atoms with van der Waals surface area (Å²) in [6.45, 7) is 5.47. The first kappa shape index (κ1) is 15.3. The molecule has 0 aliphatic heterocycles. The summed E-state index contributed by atoms with van der Waals surface area (Å²) in [7, 11) is 0. The van der Waals surface area contributed by atoms with Crippen LogP contribution < -0.4 is 10.6 Å². The van der Waals surface area contributed by atoms with Gasteiger partial charge in [-0.2, -0.15) is 0 Å². The third kappa shape index (κ3) is 3.28. The highest BCUT2D eigenvalue weighted by atomic mass is 16.3. The third-order valence-electron chi connectivity index (χ3n) is 4.08. The molecule has 0 spiro atoms. The monoisotopic (exact) mass is 312 g/mol. The lowest BCUT2D eigenvalue weighted by Gasteiger charge is -2.08. The van der Waals surface area contributed by atoms with Crippen LogP contribution in [0.4, 0.5) is 5.69 Å². The van der Waals surface area contributed by atoms with Crippen LogP contribution in [0.15, 0.2) is 28.7 Å². The molecule has 5 nitrogen and oxygen atoms in total. The number of carbonyl (C=O) groups is 2. The van der Waals surface area contributed by atoms with E-state index in [1.54, 1.807) is 31.2 Å². The lowest BCUT2D eigenvalue weighted by Crippen LogP contribution is -2.25. The van der Waals surface area contributed by atoms with Crippen LogP contribution >= 0.6 is 0 Å². The second kappa shape index (κ2) is 5.91. The molecule has 2 aromatic rings. The Hall–Kier alpha value is -2.56. The van der Waals surface area contributed by atoms with E-state index in [0.717, 1.165) is 24.2 Å². The fourth-order valence-corrected chi connectivity index (χ4v) is 2.56. The average Bonchev–Trinajstić information content (AvgIpc) is 3.26. The van der Waals surface area contributed by atoms with Crippen LogP contribution in [-0.4, -0.2) is 17.9 Å². The Labute approximate surface area is 135 Å². The minimum absolute atomic E-state index is 0.102. The smallest absolute Gasteiger partial charge is 0.259 e. The van der Waals surface area contributed by atoms with Crippen LogP contribution in [0.25, 0.3) is 0 Å². The maximum absolute atomic E-state index is 12.5. The molecule has 1 aromatic carbocycles. The van der Waals surface area contributed by atoms with Crippen molar-refractivity contribution in [2.24, 2.45) is 0 Å². The lowest BCUT2D eigenvalue weighted by molar-refractivity contribution is 0.0949. The summed E-state index contributed by atoms with van der Waals surface area (Å²) >= 11 is 0. The largest absolute Gasteiger partial charge is 0.466 e. The van der Waals surface area contributed by atoms with Gasteiger partial charge in [0, 0.05) is 22.9 Å². The van der Waals surface area contributed by atoms with Crippen LogP contribution in [0.5, 0.6) is 0 Å². The normalized spacial score (nSPS) is 13.7. The van der Waals surface area contributed by atoms with E-state index in [-0.39, 0.29) is 11.8 Å². The predicted molar refractivity (Wildman–Crippen MR) is 87.8 cm³/mol. The molecule has 0 unspecified atom stereocenters. The minimum atomic E-state index is -0.225. The number of rotatable bonds is 4. The van der Waals surface area contributed by atoms with Gasteiger partial charge < -0.3 is 15.1 Å². The lowest BCUT2D eigenvalue weighted by atomic mass is 10.1. The summed E-state index contributed by atoms with van der Waals surface area (Å²) in [5.41, 5.74) is 2.53. The molecule has 1 aliphatic carbocycles. The average molecular weight is 312 g/mol. The Morgan fingerprint density at radius 2 is 1.83 bits per heavy atom. The zero-order chi connectivity index (χ0) is 16.6. The Kier molecular flexibility index (Phi) is 3.94. The predicted octanol–water partition coefficient (Wildman–Crippen LogP) is 3.35. The molecule has 0 atom stereocenters. The van der Waals surface area contributed by atoms with Crippen LogP contribution in [0.3, 0.4) is 0 Å². The summed E-state index contributed by atoms with van der Waals surface area (Å²) in [6, 6.07) is 7.26. The van der Waals surface area contributed by atoms with Crippen molar-refractivity contribution >= 4 is 17.5 Å². The molecule has 1 fully saturated rings. The van der Waals surface area contributed by atoms with E-state index in [1.165, 1.54) is 0 Å². The zero-order valence-electron chi connectivity index (χ0n) is 13.5. The van der Waals surface area contributed by atoms with Crippen LogP contribution in [0.1, 0.15) is 50.6 Å². The fourth-order valence-electron chi connectivity index (χ4n) is 2.56. The van der Waals surface area contributed by atoms with Gasteiger partial charge in [0.05, 0.1) is 5.56 Å². The first-order chi connectivity index (χ1) is 11.0. The van der Waals surface area contributed by atoms with Crippen molar-refractivity contribution in [1.29, 1.82) is 0 Å².